The van der Waals surface area contributed by atoms with Crippen LogP contribution in [0.3, 0.4) is 0 Å². The third-order valence-electron chi connectivity index (χ3n) is 2.08. The van der Waals surface area contributed by atoms with Crippen LogP contribution in [0.4, 0.5) is 11.4 Å². The lowest BCUT2D eigenvalue weighted by atomic mass is 10.1. The highest BCUT2D eigenvalue weighted by molar-refractivity contribution is 5.99. The van der Waals surface area contributed by atoms with Crippen molar-refractivity contribution < 1.29 is 9.53 Å². The molecule has 88 valence electrons. The standard InChI is InChI=1S/C11H17N3O2/c1-2-16-6-5-14-10-4-3-8(12)7-9(10)11(13)15/h3-4,7,14H,2,5-6,12H2,1H3,(H2,13,15). The molecule has 0 aromatic heterocycles. The van der Waals surface area contributed by atoms with Crippen molar-refractivity contribution in [1.29, 1.82) is 0 Å². The highest BCUT2D eigenvalue weighted by Crippen LogP contribution is 2.17. The Morgan fingerprint density at radius 3 is 2.88 bits per heavy atom. The number of hydrogen-bond donors (Lipinski definition) is 3. The van der Waals surface area contributed by atoms with E-state index in [0.29, 0.717) is 36.7 Å². The summed E-state index contributed by atoms with van der Waals surface area (Å²) in [5.41, 5.74) is 12.4. The Balaban J connectivity index is 2.67. The van der Waals surface area contributed by atoms with Gasteiger partial charge in [0.15, 0.2) is 0 Å². The van der Waals surface area contributed by atoms with Gasteiger partial charge in [0.1, 0.15) is 0 Å². The van der Waals surface area contributed by atoms with Crippen molar-refractivity contribution in [2.24, 2.45) is 5.73 Å². The van der Waals surface area contributed by atoms with Gasteiger partial charge < -0.3 is 21.5 Å². The Hall–Kier alpha value is -1.75. The second-order valence-electron chi connectivity index (χ2n) is 3.29. The van der Waals surface area contributed by atoms with Crippen LogP contribution < -0.4 is 16.8 Å². The Bertz CT molecular complexity index is 366. The van der Waals surface area contributed by atoms with Crippen molar-refractivity contribution in [3.8, 4) is 0 Å². The number of carbonyl (C=O) groups is 1. The van der Waals surface area contributed by atoms with E-state index in [4.69, 9.17) is 16.2 Å². The lowest BCUT2D eigenvalue weighted by molar-refractivity contribution is 0.100. The average molecular weight is 223 g/mol. The van der Waals surface area contributed by atoms with Gasteiger partial charge in [0.2, 0.25) is 0 Å². The summed E-state index contributed by atoms with van der Waals surface area (Å²) < 4.78 is 5.18. The molecule has 0 aliphatic carbocycles. The number of nitrogens with two attached hydrogens (primary N) is 2. The van der Waals surface area contributed by atoms with E-state index in [-0.39, 0.29) is 0 Å². The molecule has 0 heterocycles. The summed E-state index contributed by atoms with van der Waals surface area (Å²) in [6.07, 6.45) is 0. The normalized spacial score (nSPS) is 10.1. The first-order chi connectivity index (χ1) is 7.65. The van der Waals surface area contributed by atoms with Gasteiger partial charge in [-0.3, -0.25) is 4.79 Å². The van der Waals surface area contributed by atoms with Crippen molar-refractivity contribution in [3.05, 3.63) is 23.8 Å². The third kappa shape index (κ3) is 3.43. The predicted molar refractivity (Wildman–Crippen MR) is 64.4 cm³/mol. The molecular formula is C11H17N3O2. The summed E-state index contributed by atoms with van der Waals surface area (Å²) in [6.45, 7) is 3.81. The van der Waals surface area contributed by atoms with E-state index in [1.54, 1.807) is 18.2 Å². The largest absolute Gasteiger partial charge is 0.399 e. The fourth-order valence-corrected chi connectivity index (χ4v) is 1.32. The third-order valence-corrected chi connectivity index (χ3v) is 2.08. The molecule has 5 heteroatoms. The summed E-state index contributed by atoms with van der Waals surface area (Å²) in [4.78, 5) is 11.2. The first-order valence-corrected chi connectivity index (χ1v) is 5.16. The Labute approximate surface area is 94.8 Å². The van der Waals surface area contributed by atoms with Crippen molar-refractivity contribution in [1.82, 2.24) is 0 Å². The van der Waals surface area contributed by atoms with Crippen LogP contribution in [0.15, 0.2) is 18.2 Å². The quantitative estimate of drug-likeness (QED) is 0.492. The molecule has 0 aliphatic heterocycles. The van der Waals surface area contributed by atoms with E-state index in [9.17, 15) is 4.79 Å². The number of nitrogen functional groups attached to an aromatic ring is 1. The van der Waals surface area contributed by atoms with Gasteiger partial charge in [-0.2, -0.15) is 0 Å². The number of anilines is 2. The Morgan fingerprint density at radius 2 is 2.25 bits per heavy atom. The smallest absolute Gasteiger partial charge is 0.250 e. The first kappa shape index (κ1) is 12.3. The van der Waals surface area contributed by atoms with Crippen LogP contribution in [0.5, 0.6) is 0 Å². The lowest BCUT2D eigenvalue weighted by Crippen LogP contribution is -2.17. The van der Waals surface area contributed by atoms with E-state index in [1.165, 1.54) is 0 Å². The minimum absolute atomic E-state index is 0.400. The summed E-state index contributed by atoms with van der Waals surface area (Å²) in [7, 11) is 0. The number of primary amides is 1. The maximum absolute atomic E-state index is 11.2. The molecule has 16 heavy (non-hydrogen) atoms. The number of nitrogens with one attached hydrogen (secondary N) is 1. The fourth-order valence-electron chi connectivity index (χ4n) is 1.32. The first-order valence-electron chi connectivity index (χ1n) is 5.16. The van der Waals surface area contributed by atoms with Crippen molar-refractivity contribution in [3.63, 3.8) is 0 Å². The monoisotopic (exact) mass is 223 g/mol. The van der Waals surface area contributed by atoms with Gasteiger partial charge in [0.05, 0.1) is 12.2 Å². The zero-order valence-corrected chi connectivity index (χ0v) is 9.32. The highest BCUT2D eigenvalue weighted by Gasteiger charge is 2.07. The zero-order valence-electron chi connectivity index (χ0n) is 9.32. The molecule has 0 bridgehead atoms. The summed E-state index contributed by atoms with van der Waals surface area (Å²) in [5.74, 6) is -0.494. The number of amides is 1. The summed E-state index contributed by atoms with van der Waals surface area (Å²) in [5, 5.41) is 3.08. The molecule has 5 N–H and O–H groups in total. The molecular weight excluding hydrogens is 206 g/mol. The van der Waals surface area contributed by atoms with Crippen molar-refractivity contribution in [2.45, 2.75) is 6.92 Å². The SMILES string of the molecule is CCOCCNc1ccc(N)cc1C(N)=O. The Morgan fingerprint density at radius 1 is 1.50 bits per heavy atom. The fraction of sp³-hybridized carbons (Fsp3) is 0.364. The number of benzene rings is 1. The van der Waals surface area contributed by atoms with Crippen molar-refractivity contribution in [2.75, 3.05) is 30.8 Å². The van der Waals surface area contributed by atoms with Crippen molar-refractivity contribution >= 4 is 17.3 Å². The number of ether oxygens (including phenoxy) is 1. The van der Waals surface area contributed by atoms with Gasteiger partial charge >= 0.3 is 0 Å². The highest BCUT2D eigenvalue weighted by atomic mass is 16.5. The summed E-state index contributed by atoms with van der Waals surface area (Å²) in [6, 6.07) is 5.02. The van der Waals surface area contributed by atoms with Gasteiger partial charge in [-0.25, -0.2) is 0 Å². The van der Waals surface area contributed by atoms with E-state index in [1.807, 2.05) is 6.92 Å². The molecule has 5 nitrogen and oxygen atoms in total. The Kier molecular flexibility index (Phi) is 4.60. The van der Waals surface area contributed by atoms with Gasteiger partial charge in [-0.05, 0) is 25.1 Å². The number of hydrogen-bond acceptors (Lipinski definition) is 4. The molecule has 0 spiro atoms. The average Bonchev–Trinajstić information content (AvgIpc) is 2.26. The molecule has 0 radical (unpaired) electrons. The second kappa shape index (κ2) is 5.97. The molecule has 1 aromatic carbocycles. The minimum Gasteiger partial charge on any atom is -0.399 e. The van der Waals surface area contributed by atoms with Crippen LogP contribution in [0, 0.1) is 0 Å². The molecule has 0 saturated heterocycles. The maximum Gasteiger partial charge on any atom is 0.250 e. The maximum atomic E-state index is 11.2. The predicted octanol–water partition coefficient (Wildman–Crippen LogP) is 0.816. The molecule has 0 unspecified atom stereocenters. The van der Waals surface area contributed by atoms with E-state index in [2.05, 4.69) is 5.32 Å². The van der Waals surface area contributed by atoms with Crippen LogP contribution in [-0.2, 0) is 4.74 Å². The van der Waals surface area contributed by atoms with Crippen LogP contribution in [0.2, 0.25) is 0 Å². The lowest BCUT2D eigenvalue weighted by Gasteiger charge is -2.10. The summed E-state index contributed by atoms with van der Waals surface area (Å²) >= 11 is 0. The molecule has 0 atom stereocenters. The molecule has 1 rings (SSSR count). The number of carbonyl (C=O) groups excluding carboxylic acids is 1. The molecule has 0 saturated carbocycles. The van der Waals surface area contributed by atoms with Gasteiger partial charge in [0, 0.05) is 24.5 Å². The topological polar surface area (TPSA) is 90.4 Å². The van der Waals surface area contributed by atoms with Crippen LogP contribution in [-0.4, -0.2) is 25.7 Å². The van der Waals surface area contributed by atoms with Gasteiger partial charge in [0.25, 0.3) is 5.91 Å². The van der Waals surface area contributed by atoms with E-state index in [0.717, 1.165) is 0 Å². The van der Waals surface area contributed by atoms with Gasteiger partial charge in [-0.15, -0.1) is 0 Å². The zero-order chi connectivity index (χ0) is 12.0. The number of rotatable bonds is 6. The molecule has 0 aliphatic rings. The van der Waals surface area contributed by atoms with E-state index < -0.39 is 5.91 Å². The molecule has 0 fully saturated rings. The molecule has 1 amide bonds. The second-order valence-corrected chi connectivity index (χ2v) is 3.29. The van der Waals surface area contributed by atoms with Crippen LogP contribution in [0.25, 0.3) is 0 Å². The minimum atomic E-state index is -0.494. The van der Waals surface area contributed by atoms with E-state index >= 15 is 0 Å². The van der Waals surface area contributed by atoms with Crippen LogP contribution in [0.1, 0.15) is 17.3 Å². The van der Waals surface area contributed by atoms with Crippen LogP contribution >= 0.6 is 0 Å². The molecule has 1 aromatic rings. The van der Waals surface area contributed by atoms with Gasteiger partial charge in [-0.1, -0.05) is 0 Å².